The van der Waals surface area contributed by atoms with Gasteiger partial charge in [0.05, 0.1) is 11.6 Å². The summed E-state index contributed by atoms with van der Waals surface area (Å²) in [6.07, 6.45) is 0. The number of benzene rings is 3. The molecule has 1 atom stereocenters. The van der Waals surface area contributed by atoms with Crippen LogP contribution in [0.25, 0.3) is 0 Å². The molecule has 3 aromatic carbocycles. The van der Waals surface area contributed by atoms with E-state index >= 15 is 0 Å². The second-order valence-corrected chi connectivity index (χ2v) is 8.11. The lowest BCUT2D eigenvalue weighted by Crippen LogP contribution is -2.35. The maximum absolute atomic E-state index is 13.2. The van der Waals surface area contributed by atoms with E-state index < -0.39 is 22.0 Å². The summed E-state index contributed by atoms with van der Waals surface area (Å²) in [5.41, 5.74) is 2.75. The summed E-state index contributed by atoms with van der Waals surface area (Å²) in [4.78, 5) is 13.1. The Balaban J connectivity index is 1.95. The first-order valence-corrected chi connectivity index (χ1v) is 9.73. The van der Waals surface area contributed by atoms with Crippen molar-refractivity contribution < 1.29 is 13.2 Å². The zero-order valence-electron chi connectivity index (χ0n) is 14.2. The average molecular weight is 363 g/mol. The van der Waals surface area contributed by atoms with Crippen molar-refractivity contribution in [2.75, 3.05) is 0 Å². The van der Waals surface area contributed by atoms with Crippen molar-refractivity contribution in [1.29, 1.82) is 0 Å². The lowest BCUT2D eigenvalue weighted by Gasteiger charge is -2.28. The number of carbonyl (C=O) groups is 1. The summed E-state index contributed by atoms with van der Waals surface area (Å²) in [5.74, 6) is -0.490. The molecule has 0 saturated carbocycles. The van der Waals surface area contributed by atoms with Gasteiger partial charge in [-0.25, -0.2) is 12.7 Å². The van der Waals surface area contributed by atoms with E-state index in [0.717, 1.165) is 21.0 Å². The van der Waals surface area contributed by atoms with Crippen LogP contribution in [-0.4, -0.2) is 18.6 Å². The molecule has 1 unspecified atom stereocenters. The van der Waals surface area contributed by atoms with Crippen LogP contribution in [0.1, 0.15) is 33.1 Å². The maximum atomic E-state index is 13.2. The lowest BCUT2D eigenvalue weighted by molar-refractivity contribution is 0.0846. The third kappa shape index (κ3) is 2.52. The van der Waals surface area contributed by atoms with Crippen LogP contribution in [0.15, 0.2) is 83.8 Å². The molecular weight excluding hydrogens is 346 g/mol. The first kappa shape index (κ1) is 16.5. The van der Waals surface area contributed by atoms with Gasteiger partial charge in [-0.1, -0.05) is 72.3 Å². The fourth-order valence-corrected chi connectivity index (χ4v) is 5.13. The normalized spacial score (nSPS) is 16.3. The summed E-state index contributed by atoms with van der Waals surface area (Å²) < 4.78 is 27.4. The summed E-state index contributed by atoms with van der Waals surface area (Å²) in [7, 11) is -3.92. The van der Waals surface area contributed by atoms with E-state index in [2.05, 4.69) is 0 Å². The average Bonchev–Trinajstić information content (AvgIpc) is 2.84. The molecule has 0 N–H and O–H groups in total. The number of fused-ring (bicyclic) bond motifs is 1. The third-order valence-electron chi connectivity index (χ3n) is 4.56. The Morgan fingerprint density at radius 3 is 2.15 bits per heavy atom. The Morgan fingerprint density at radius 2 is 1.46 bits per heavy atom. The Morgan fingerprint density at radius 1 is 0.808 bits per heavy atom. The molecular formula is C21H17NO3S. The number of rotatable bonds is 3. The number of hydrogen-bond donors (Lipinski definition) is 0. The molecule has 4 rings (SSSR count). The predicted octanol–water partition coefficient (Wildman–Crippen LogP) is 3.93. The molecule has 0 spiro atoms. The van der Waals surface area contributed by atoms with Crippen LogP contribution in [0, 0.1) is 6.92 Å². The summed E-state index contributed by atoms with van der Waals surface area (Å²) in [6.45, 7) is 1.95. The first-order valence-electron chi connectivity index (χ1n) is 8.29. The van der Waals surface area contributed by atoms with Crippen LogP contribution < -0.4 is 0 Å². The van der Waals surface area contributed by atoms with Crippen molar-refractivity contribution in [3.63, 3.8) is 0 Å². The topological polar surface area (TPSA) is 54.5 Å². The van der Waals surface area contributed by atoms with E-state index in [0.29, 0.717) is 0 Å². The molecule has 5 heteroatoms. The summed E-state index contributed by atoms with van der Waals surface area (Å²) in [6, 6.07) is 22.5. The van der Waals surface area contributed by atoms with Gasteiger partial charge >= 0.3 is 0 Å². The Bertz CT molecular complexity index is 1090. The molecule has 0 saturated heterocycles. The fraction of sp³-hybridized carbons (Fsp3) is 0.0952. The molecule has 0 aliphatic carbocycles. The van der Waals surface area contributed by atoms with E-state index in [1.807, 2.05) is 61.5 Å². The van der Waals surface area contributed by atoms with E-state index in [-0.39, 0.29) is 10.5 Å². The van der Waals surface area contributed by atoms with Crippen LogP contribution in [0.4, 0.5) is 0 Å². The number of amides is 1. The van der Waals surface area contributed by atoms with Gasteiger partial charge in [0.15, 0.2) is 0 Å². The van der Waals surface area contributed by atoms with Gasteiger partial charge in [0.25, 0.3) is 15.9 Å². The highest BCUT2D eigenvalue weighted by Crippen LogP contribution is 2.40. The molecule has 26 heavy (non-hydrogen) atoms. The molecule has 0 aromatic heterocycles. The van der Waals surface area contributed by atoms with Crippen LogP contribution in [0.5, 0.6) is 0 Å². The van der Waals surface area contributed by atoms with E-state index in [1.165, 1.54) is 6.07 Å². The van der Waals surface area contributed by atoms with Crippen LogP contribution in [-0.2, 0) is 10.0 Å². The van der Waals surface area contributed by atoms with Crippen molar-refractivity contribution >= 4 is 15.9 Å². The standard InChI is InChI=1S/C21H17NO3S/c1-15-8-7-11-17(14-15)20(16-9-3-2-4-10-16)22-21(23)18-12-5-6-13-19(18)26(22,24)25/h2-14,20H,1H3. The van der Waals surface area contributed by atoms with Crippen molar-refractivity contribution in [2.45, 2.75) is 17.9 Å². The van der Waals surface area contributed by atoms with Crippen molar-refractivity contribution in [3.8, 4) is 0 Å². The Labute approximate surface area is 152 Å². The zero-order valence-corrected chi connectivity index (χ0v) is 15.0. The number of carbonyl (C=O) groups excluding carboxylic acids is 1. The first-order chi connectivity index (χ1) is 12.5. The second kappa shape index (κ2) is 6.11. The molecule has 0 fully saturated rings. The highest BCUT2D eigenvalue weighted by Gasteiger charge is 2.45. The van der Waals surface area contributed by atoms with Crippen LogP contribution in [0.3, 0.4) is 0 Å². The van der Waals surface area contributed by atoms with Gasteiger partial charge in [0.2, 0.25) is 0 Å². The minimum atomic E-state index is -3.92. The third-order valence-corrected chi connectivity index (χ3v) is 6.37. The minimum absolute atomic E-state index is 0.0681. The number of nitrogens with zero attached hydrogens (tertiary/aromatic N) is 1. The van der Waals surface area contributed by atoms with E-state index in [9.17, 15) is 13.2 Å². The van der Waals surface area contributed by atoms with Gasteiger partial charge in [0.1, 0.15) is 4.90 Å². The van der Waals surface area contributed by atoms with Gasteiger partial charge in [-0.2, -0.15) is 0 Å². The molecule has 130 valence electrons. The van der Waals surface area contributed by atoms with E-state index in [4.69, 9.17) is 0 Å². The molecule has 1 aliphatic heterocycles. The van der Waals surface area contributed by atoms with Gasteiger partial charge < -0.3 is 0 Å². The van der Waals surface area contributed by atoms with Gasteiger partial charge in [-0.15, -0.1) is 0 Å². The van der Waals surface area contributed by atoms with E-state index in [1.54, 1.807) is 18.2 Å². The highest BCUT2D eigenvalue weighted by atomic mass is 32.2. The van der Waals surface area contributed by atoms with Crippen molar-refractivity contribution in [2.24, 2.45) is 0 Å². The molecule has 0 radical (unpaired) electrons. The Kier molecular flexibility index (Phi) is 3.89. The monoisotopic (exact) mass is 363 g/mol. The van der Waals surface area contributed by atoms with Gasteiger partial charge in [0, 0.05) is 0 Å². The fourth-order valence-electron chi connectivity index (χ4n) is 3.40. The maximum Gasteiger partial charge on any atom is 0.269 e. The predicted molar refractivity (Wildman–Crippen MR) is 99.3 cm³/mol. The van der Waals surface area contributed by atoms with Crippen molar-refractivity contribution in [3.05, 3.63) is 101 Å². The highest BCUT2D eigenvalue weighted by molar-refractivity contribution is 7.90. The molecule has 1 amide bonds. The van der Waals surface area contributed by atoms with Gasteiger partial charge in [-0.3, -0.25) is 4.79 Å². The minimum Gasteiger partial charge on any atom is -0.268 e. The number of aryl methyl sites for hydroxylation is 1. The molecule has 3 aromatic rings. The zero-order chi connectivity index (χ0) is 18.3. The summed E-state index contributed by atoms with van der Waals surface area (Å²) >= 11 is 0. The van der Waals surface area contributed by atoms with Crippen molar-refractivity contribution in [1.82, 2.24) is 4.31 Å². The number of hydrogen-bond acceptors (Lipinski definition) is 3. The smallest absolute Gasteiger partial charge is 0.268 e. The second-order valence-electron chi connectivity index (χ2n) is 6.33. The quantitative estimate of drug-likeness (QED) is 0.708. The molecule has 1 heterocycles. The summed E-state index contributed by atoms with van der Waals surface area (Å²) in [5, 5.41) is 0. The Hall–Kier alpha value is -2.92. The number of sulfonamides is 1. The molecule has 1 aliphatic rings. The largest absolute Gasteiger partial charge is 0.269 e. The van der Waals surface area contributed by atoms with Gasteiger partial charge in [-0.05, 0) is 30.2 Å². The van der Waals surface area contributed by atoms with Crippen LogP contribution >= 0.6 is 0 Å². The lowest BCUT2D eigenvalue weighted by atomic mass is 9.97. The SMILES string of the molecule is Cc1cccc(C(c2ccccc2)N2C(=O)c3ccccc3S2(=O)=O)c1. The molecule has 4 nitrogen and oxygen atoms in total. The molecule has 0 bridgehead atoms. The van der Waals surface area contributed by atoms with Crippen LogP contribution in [0.2, 0.25) is 0 Å².